The number of hydrogen-bond acceptors (Lipinski definition) is 1. The number of rotatable bonds is 6. The minimum atomic E-state index is -3.14. The Hall–Kier alpha value is -1.96. The Morgan fingerprint density at radius 2 is 0.857 bits per heavy atom. The first-order valence-electron chi connectivity index (χ1n) is 9.17. The topological polar surface area (TPSA) is 35.9 Å². The maximum atomic E-state index is 14.1. The molecule has 0 saturated heterocycles. The molecule has 0 spiro atoms. The molecule has 0 saturated carbocycles. The van der Waals surface area contributed by atoms with E-state index in [0.717, 1.165) is 15.9 Å². The molecule has 0 radical (unpaired) electrons. The second-order valence-electron chi connectivity index (χ2n) is 6.94. The Bertz CT molecular complexity index is 888. The minimum Gasteiger partial charge on any atom is -0.262 e. The minimum absolute atomic E-state index is 1.09. The van der Waals surface area contributed by atoms with Gasteiger partial charge in [-0.25, -0.2) is 13.9 Å². The lowest BCUT2D eigenvalue weighted by molar-refractivity contribution is 0.450. The van der Waals surface area contributed by atoms with Crippen LogP contribution in [0.2, 0.25) is 0 Å². The van der Waals surface area contributed by atoms with E-state index in [0.29, 0.717) is 0 Å². The zero-order valence-corrected chi connectivity index (χ0v) is 18.6. The van der Waals surface area contributed by atoms with Crippen molar-refractivity contribution in [2.75, 3.05) is 28.2 Å². The highest BCUT2D eigenvalue weighted by Crippen LogP contribution is 2.62. The average molecular weight is 411 g/mol. The number of benzene rings is 3. The highest BCUT2D eigenvalue weighted by Gasteiger charge is 2.35. The number of nitrogens with zero attached hydrogens (tertiary/aromatic N) is 3. The summed E-state index contributed by atoms with van der Waals surface area (Å²) in [6.07, 6.45) is 0. The van der Waals surface area contributed by atoms with Crippen molar-refractivity contribution in [1.82, 2.24) is 9.34 Å². The van der Waals surface area contributed by atoms with Gasteiger partial charge >= 0.3 is 7.59 Å². The molecule has 0 bridgehead atoms. The Morgan fingerprint density at radius 3 is 1.11 bits per heavy atom. The third-order valence-electron chi connectivity index (χ3n) is 4.68. The molecule has 0 heterocycles. The van der Waals surface area contributed by atoms with Crippen molar-refractivity contribution in [3.05, 3.63) is 91.0 Å². The SMILES string of the molecule is CN(C)P(=O)(N=P(c1ccccc1)(c1ccccc1)c1ccccc1)N(C)C. The zero-order valence-electron chi connectivity index (χ0n) is 16.8. The summed E-state index contributed by atoms with van der Waals surface area (Å²) in [6.45, 7) is 0. The van der Waals surface area contributed by atoms with Gasteiger partial charge in [-0.2, -0.15) is 0 Å². The van der Waals surface area contributed by atoms with Gasteiger partial charge in [0.1, 0.15) is 0 Å². The van der Waals surface area contributed by atoms with E-state index in [2.05, 4.69) is 36.4 Å². The van der Waals surface area contributed by atoms with Gasteiger partial charge < -0.3 is 0 Å². The molecule has 0 unspecified atom stereocenters. The van der Waals surface area contributed by atoms with Crippen molar-refractivity contribution in [3.63, 3.8) is 0 Å². The van der Waals surface area contributed by atoms with Gasteiger partial charge in [0.2, 0.25) is 0 Å². The molecule has 0 aromatic heterocycles. The number of hydrogen-bond donors (Lipinski definition) is 0. The summed E-state index contributed by atoms with van der Waals surface area (Å²) >= 11 is 0. The molecule has 0 aliphatic rings. The summed E-state index contributed by atoms with van der Waals surface area (Å²) in [4.78, 5) is 0. The Morgan fingerprint density at radius 1 is 0.571 bits per heavy atom. The van der Waals surface area contributed by atoms with Gasteiger partial charge in [-0.3, -0.25) is 4.57 Å². The van der Waals surface area contributed by atoms with Crippen LogP contribution in [0, 0.1) is 0 Å². The van der Waals surface area contributed by atoms with Crippen molar-refractivity contribution in [3.8, 4) is 0 Å². The van der Waals surface area contributed by atoms with Crippen LogP contribution in [0.5, 0.6) is 0 Å². The molecule has 6 heteroatoms. The Kier molecular flexibility index (Phi) is 6.37. The fourth-order valence-electron chi connectivity index (χ4n) is 3.23. The van der Waals surface area contributed by atoms with Gasteiger partial charge in [0.25, 0.3) is 0 Å². The van der Waals surface area contributed by atoms with Crippen LogP contribution < -0.4 is 15.9 Å². The molecule has 0 aliphatic carbocycles. The molecule has 0 atom stereocenters. The molecule has 0 aliphatic heterocycles. The zero-order chi connectivity index (χ0) is 20.2. The van der Waals surface area contributed by atoms with Crippen LogP contribution in [0.1, 0.15) is 0 Å². The summed E-state index contributed by atoms with van der Waals surface area (Å²) in [7, 11) is 1.69. The summed E-state index contributed by atoms with van der Waals surface area (Å²) in [6, 6.07) is 30.8. The molecule has 3 aromatic rings. The monoisotopic (exact) mass is 411 g/mol. The van der Waals surface area contributed by atoms with E-state index in [1.165, 1.54) is 0 Å². The lowest BCUT2D eigenvalue weighted by atomic mass is 10.4. The highest BCUT2D eigenvalue weighted by atomic mass is 31.2. The van der Waals surface area contributed by atoms with E-state index >= 15 is 0 Å². The maximum absolute atomic E-state index is 14.1. The fourth-order valence-corrected chi connectivity index (χ4v) is 10.6. The van der Waals surface area contributed by atoms with Crippen molar-refractivity contribution in [1.29, 1.82) is 0 Å². The predicted molar refractivity (Wildman–Crippen MR) is 123 cm³/mol. The first kappa shape index (κ1) is 20.8. The molecular formula is C22H27N3OP2. The van der Waals surface area contributed by atoms with E-state index in [1.807, 2.05) is 82.8 Å². The standard InChI is InChI=1S/C22H27N3OP2/c1-24(2)28(26,25(3)4)23-27(20-14-8-5-9-15-20,21-16-10-6-11-17-21)22-18-12-7-13-19-22/h5-19H,1-4H3. The van der Waals surface area contributed by atoms with Crippen LogP contribution in [-0.4, -0.2) is 37.5 Å². The summed E-state index contributed by atoms with van der Waals surface area (Å²) in [5.41, 5.74) is 0. The quantitative estimate of drug-likeness (QED) is 0.565. The van der Waals surface area contributed by atoms with Gasteiger partial charge in [0, 0.05) is 15.9 Å². The molecular weight excluding hydrogens is 384 g/mol. The second kappa shape index (κ2) is 8.59. The summed E-state index contributed by atoms with van der Waals surface area (Å²) in [5, 5.41) is 3.28. The molecule has 3 aromatic carbocycles. The third-order valence-corrected chi connectivity index (χ3v) is 11.9. The van der Waals surface area contributed by atoms with Crippen molar-refractivity contribution < 1.29 is 4.57 Å². The Balaban J connectivity index is 2.52. The van der Waals surface area contributed by atoms with Crippen molar-refractivity contribution in [2.24, 2.45) is 4.52 Å². The van der Waals surface area contributed by atoms with Crippen LogP contribution in [0.25, 0.3) is 0 Å². The van der Waals surface area contributed by atoms with Crippen LogP contribution in [0.4, 0.5) is 0 Å². The predicted octanol–water partition coefficient (Wildman–Crippen LogP) is 4.40. The first-order valence-corrected chi connectivity index (χ1v) is 12.5. The van der Waals surface area contributed by atoms with E-state index in [9.17, 15) is 4.57 Å². The van der Waals surface area contributed by atoms with E-state index in [4.69, 9.17) is 4.52 Å². The van der Waals surface area contributed by atoms with Crippen LogP contribution in [-0.2, 0) is 4.57 Å². The second-order valence-corrected chi connectivity index (χ2v) is 13.1. The smallest absolute Gasteiger partial charge is 0.262 e. The molecule has 0 fully saturated rings. The molecule has 146 valence electrons. The average Bonchev–Trinajstić information content (AvgIpc) is 2.73. The molecule has 4 nitrogen and oxygen atoms in total. The van der Waals surface area contributed by atoms with Crippen LogP contribution >= 0.6 is 14.6 Å². The van der Waals surface area contributed by atoms with Gasteiger partial charge in [-0.05, 0) is 28.2 Å². The van der Waals surface area contributed by atoms with E-state index in [1.54, 1.807) is 9.34 Å². The molecule has 28 heavy (non-hydrogen) atoms. The summed E-state index contributed by atoms with van der Waals surface area (Å²) in [5.74, 6) is 0. The molecule has 0 N–H and O–H groups in total. The molecule has 3 rings (SSSR count). The van der Waals surface area contributed by atoms with Crippen molar-refractivity contribution >= 4 is 30.6 Å². The normalized spacial score (nSPS) is 12.4. The van der Waals surface area contributed by atoms with Gasteiger partial charge in [-0.1, -0.05) is 91.0 Å². The molecule has 0 amide bonds. The fraction of sp³-hybridized carbons (Fsp3) is 0.182. The van der Waals surface area contributed by atoms with Gasteiger partial charge in [0.05, 0.1) is 7.05 Å². The largest absolute Gasteiger partial charge is 0.327 e. The third kappa shape index (κ3) is 3.79. The highest BCUT2D eigenvalue weighted by molar-refractivity contribution is 7.90. The van der Waals surface area contributed by atoms with E-state index in [-0.39, 0.29) is 0 Å². The maximum Gasteiger partial charge on any atom is 0.327 e. The van der Waals surface area contributed by atoms with E-state index < -0.39 is 14.6 Å². The van der Waals surface area contributed by atoms with Crippen LogP contribution in [0.3, 0.4) is 0 Å². The lowest BCUT2D eigenvalue weighted by Crippen LogP contribution is -2.27. The first-order chi connectivity index (χ1) is 13.4. The summed E-state index contributed by atoms with van der Waals surface area (Å²) < 4.78 is 22.8. The Labute approximate surface area is 168 Å². The lowest BCUT2D eigenvalue weighted by Gasteiger charge is -2.33. The van der Waals surface area contributed by atoms with Crippen LogP contribution in [0.15, 0.2) is 95.5 Å². The van der Waals surface area contributed by atoms with Gasteiger partial charge in [-0.15, -0.1) is 0 Å². The van der Waals surface area contributed by atoms with Gasteiger partial charge in [0.15, 0.2) is 0 Å². The van der Waals surface area contributed by atoms with Crippen molar-refractivity contribution in [2.45, 2.75) is 0 Å².